The van der Waals surface area contributed by atoms with Crippen molar-refractivity contribution < 1.29 is 0 Å². The summed E-state index contributed by atoms with van der Waals surface area (Å²) in [6, 6.07) is 0.678. The van der Waals surface area contributed by atoms with Crippen molar-refractivity contribution in [2.75, 3.05) is 26.7 Å². The maximum Gasteiger partial charge on any atom is 0.0189 e. The Morgan fingerprint density at radius 1 is 1.27 bits per heavy atom. The molecule has 1 atom stereocenters. The van der Waals surface area contributed by atoms with Gasteiger partial charge in [-0.15, -0.1) is 0 Å². The minimum Gasteiger partial charge on any atom is -0.315 e. The van der Waals surface area contributed by atoms with E-state index in [0.29, 0.717) is 6.04 Å². The first-order chi connectivity index (χ1) is 7.09. The Labute approximate surface area is 95.4 Å². The summed E-state index contributed by atoms with van der Waals surface area (Å²) in [5.74, 6) is 1.82. The number of hydrogen-bond donors (Lipinski definition) is 1. The second kappa shape index (κ2) is 6.49. The Bertz CT molecular complexity index is 164. The van der Waals surface area contributed by atoms with E-state index in [4.69, 9.17) is 0 Å². The fourth-order valence-corrected chi connectivity index (χ4v) is 1.75. The van der Waals surface area contributed by atoms with Gasteiger partial charge in [-0.1, -0.05) is 13.8 Å². The standard InChI is InChI=1S/C13H28N2/c1-11(2)7-8-14-9-12(3)15(4)10-13-5-6-13/h11-14H,5-10H2,1-4H3. The minimum absolute atomic E-state index is 0.678. The molecule has 2 heteroatoms. The highest BCUT2D eigenvalue weighted by molar-refractivity contribution is 4.78. The number of nitrogens with one attached hydrogen (secondary N) is 1. The van der Waals surface area contributed by atoms with E-state index in [1.54, 1.807) is 0 Å². The molecule has 0 bridgehead atoms. The molecule has 2 nitrogen and oxygen atoms in total. The van der Waals surface area contributed by atoms with Crippen LogP contribution in [0.25, 0.3) is 0 Å². The topological polar surface area (TPSA) is 15.3 Å². The third-order valence-corrected chi connectivity index (χ3v) is 3.33. The summed E-state index contributed by atoms with van der Waals surface area (Å²) in [6.45, 7) is 10.5. The first-order valence-electron chi connectivity index (χ1n) is 6.50. The number of rotatable bonds is 8. The molecule has 0 aromatic rings. The summed E-state index contributed by atoms with van der Waals surface area (Å²) in [7, 11) is 2.26. The molecule has 0 aromatic carbocycles. The van der Waals surface area contributed by atoms with Gasteiger partial charge in [0.1, 0.15) is 0 Å². The lowest BCUT2D eigenvalue weighted by Gasteiger charge is -2.25. The maximum atomic E-state index is 3.55. The predicted molar refractivity (Wildman–Crippen MR) is 67.1 cm³/mol. The van der Waals surface area contributed by atoms with E-state index in [9.17, 15) is 0 Å². The molecule has 1 N–H and O–H groups in total. The zero-order chi connectivity index (χ0) is 11.3. The molecule has 1 unspecified atom stereocenters. The molecule has 15 heavy (non-hydrogen) atoms. The van der Waals surface area contributed by atoms with Crippen molar-refractivity contribution in [3.05, 3.63) is 0 Å². The van der Waals surface area contributed by atoms with Crippen molar-refractivity contribution in [1.29, 1.82) is 0 Å². The molecule has 0 aliphatic heterocycles. The summed E-state index contributed by atoms with van der Waals surface area (Å²) in [5, 5.41) is 3.55. The molecule has 90 valence electrons. The van der Waals surface area contributed by atoms with Gasteiger partial charge in [0, 0.05) is 19.1 Å². The number of hydrogen-bond acceptors (Lipinski definition) is 2. The maximum absolute atomic E-state index is 3.55. The highest BCUT2D eigenvalue weighted by Crippen LogP contribution is 2.29. The van der Waals surface area contributed by atoms with Gasteiger partial charge in [0.15, 0.2) is 0 Å². The normalized spacial score (nSPS) is 18.8. The number of nitrogens with zero attached hydrogens (tertiary/aromatic N) is 1. The average Bonchev–Trinajstić information content (AvgIpc) is 2.95. The predicted octanol–water partition coefficient (Wildman–Crippen LogP) is 2.35. The van der Waals surface area contributed by atoms with Crippen molar-refractivity contribution in [3.8, 4) is 0 Å². The SMILES string of the molecule is CC(C)CCNCC(C)N(C)CC1CC1. The van der Waals surface area contributed by atoms with Gasteiger partial charge < -0.3 is 10.2 Å². The van der Waals surface area contributed by atoms with Crippen LogP contribution in [0.2, 0.25) is 0 Å². The average molecular weight is 212 g/mol. The van der Waals surface area contributed by atoms with Gasteiger partial charge in [0.05, 0.1) is 0 Å². The summed E-state index contributed by atoms with van der Waals surface area (Å²) < 4.78 is 0. The van der Waals surface area contributed by atoms with E-state index in [1.807, 2.05) is 0 Å². The largest absolute Gasteiger partial charge is 0.315 e. The quantitative estimate of drug-likeness (QED) is 0.621. The lowest BCUT2D eigenvalue weighted by molar-refractivity contribution is 0.241. The van der Waals surface area contributed by atoms with Crippen molar-refractivity contribution in [1.82, 2.24) is 10.2 Å². The van der Waals surface area contributed by atoms with Crippen LogP contribution in [0, 0.1) is 11.8 Å². The van der Waals surface area contributed by atoms with Gasteiger partial charge >= 0.3 is 0 Å². The molecule has 1 aliphatic carbocycles. The fraction of sp³-hybridized carbons (Fsp3) is 1.00. The monoisotopic (exact) mass is 212 g/mol. The lowest BCUT2D eigenvalue weighted by atomic mass is 10.1. The first-order valence-corrected chi connectivity index (χ1v) is 6.50. The Morgan fingerprint density at radius 2 is 1.93 bits per heavy atom. The van der Waals surface area contributed by atoms with Crippen molar-refractivity contribution in [2.24, 2.45) is 11.8 Å². The second-order valence-electron chi connectivity index (χ2n) is 5.62. The van der Waals surface area contributed by atoms with Crippen LogP contribution in [0.3, 0.4) is 0 Å². The van der Waals surface area contributed by atoms with Crippen LogP contribution in [0.5, 0.6) is 0 Å². The minimum atomic E-state index is 0.678. The zero-order valence-corrected chi connectivity index (χ0v) is 10.9. The Morgan fingerprint density at radius 3 is 2.47 bits per heavy atom. The molecule has 1 rings (SSSR count). The molecular weight excluding hydrogens is 184 g/mol. The molecule has 1 saturated carbocycles. The van der Waals surface area contributed by atoms with E-state index in [0.717, 1.165) is 18.4 Å². The van der Waals surface area contributed by atoms with Crippen LogP contribution in [0.4, 0.5) is 0 Å². The van der Waals surface area contributed by atoms with Gasteiger partial charge in [0.25, 0.3) is 0 Å². The van der Waals surface area contributed by atoms with E-state index in [2.05, 4.69) is 38.0 Å². The van der Waals surface area contributed by atoms with Crippen LogP contribution in [0.15, 0.2) is 0 Å². The molecule has 0 amide bonds. The molecule has 0 aromatic heterocycles. The van der Waals surface area contributed by atoms with Gasteiger partial charge in [-0.05, 0) is 51.6 Å². The number of likely N-dealkylation sites (N-methyl/N-ethyl adjacent to an activating group) is 1. The lowest BCUT2D eigenvalue weighted by Crippen LogP contribution is -2.39. The molecule has 1 aliphatic rings. The first kappa shape index (κ1) is 13.0. The molecule has 1 fully saturated rings. The highest BCUT2D eigenvalue weighted by Gasteiger charge is 2.24. The third kappa shape index (κ3) is 6.16. The van der Waals surface area contributed by atoms with Crippen LogP contribution in [-0.2, 0) is 0 Å². The Kier molecular flexibility index (Phi) is 5.62. The summed E-state index contributed by atoms with van der Waals surface area (Å²) in [6.07, 6.45) is 4.20. The molecular formula is C13H28N2. The van der Waals surface area contributed by atoms with Gasteiger partial charge in [-0.2, -0.15) is 0 Å². The van der Waals surface area contributed by atoms with Crippen LogP contribution in [-0.4, -0.2) is 37.6 Å². The van der Waals surface area contributed by atoms with Crippen LogP contribution in [0.1, 0.15) is 40.0 Å². The van der Waals surface area contributed by atoms with Gasteiger partial charge in [-0.25, -0.2) is 0 Å². The van der Waals surface area contributed by atoms with Crippen molar-refractivity contribution >= 4 is 0 Å². The van der Waals surface area contributed by atoms with E-state index < -0.39 is 0 Å². The molecule has 0 saturated heterocycles. The second-order valence-corrected chi connectivity index (χ2v) is 5.62. The summed E-state index contributed by atoms with van der Waals surface area (Å²) in [4.78, 5) is 2.50. The van der Waals surface area contributed by atoms with E-state index >= 15 is 0 Å². The van der Waals surface area contributed by atoms with E-state index in [-0.39, 0.29) is 0 Å². The fourth-order valence-electron chi connectivity index (χ4n) is 1.75. The highest BCUT2D eigenvalue weighted by atomic mass is 15.1. The zero-order valence-electron chi connectivity index (χ0n) is 10.9. The molecule has 0 spiro atoms. The summed E-state index contributed by atoms with van der Waals surface area (Å²) >= 11 is 0. The van der Waals surface area contributed by atoms with Crippen molar-refractivity contribution in [3.63, 3.8) is 0 Å². The van der Waals surface area contributed by atoms with Crippen LogP contribution < -0.4 is 5.32 Å². The van der Waals surface area contributed by atoms with Gasteiger partial charge in [-0.3, -0.25) is 0 Å². The van der Waals surface area contributed by atoms with Crippen molar-refractivity contribution in [2.45, 2.75) is 46.1 Å². The Balaban J connectivity index is 1.98. The smallest absolute Gasteiger partial charge is 0.0189 e. The molecule has 0 radical (unpaired) electrons. The Hall–Kier alpha value is -0.0800. The molecule has 0 heterocycles. The van der Waals surface area contributed by atoms with E-state index in [1.165, 1.54) is 32.4 Å². The van der Waals surface area contributed by atoms with Crippen LogP contribution >= 0.6 is 0 Å². The van der Waals surface area contributed by atoms with Gasteiger partial charge in [0.2, 0.25) is 0 Å². The third-order valence-electron chi connectivity index (χ3n) is 3.33. The summed E-state index contributed by atoms with van der Waals surface area (Å²) in [5.41, 5.74) is 0.